The van der Waals surface area contributed by atoms with E-state index < -0.39 is 5.54 Å². The molecule has 0 heterocycles. The van der Waals surface area contributed by atoms with Gasteiger partial charge >= 0.3 is 5.97 Å². The Morgan fingerprint density at radius 2 is 1.72 bits per heavy atom. The summed E-state index contributed by atoms with van der Waals surface area (Å²) in [5.74, 6) is 0.401. The molecule has 1 rings (SSSR count). The zero-order chi connectivity index (χ0) is 13.9. The predicted molar refractivity (Wildman–Crippen MR) is 72.2 cm³/mol. The highest BCUT2D eigenvalue weighted by Gasteiger charge is 2.29. The van der Waals surface area contributed by atoms with E-state index in [-0.39, 0.29) is 5.97 Å². The lowest BCUT2D eigenvalue weighted by molar-refractivity contribution is -0.144. The first-order valence-corrected chi connectivity index (χ1v) is 5.83. The summed E-state index contributed by atoms with van der Waals surface area (Å²) in [6, 6.07) is 3.92. The van der Waals surface area contributed by atoms with Crippen LogP contribution in [0.5, 0.6) is 5.75 Å². The standard InChI is InChI=1S/C14H21NO3/c1-9-7-11(12(17-5)8-10(9)2)15-14(3,4)13(16)18-6/h7-8,15H,1-6H3. The zero-order valence-corrected chi connectivity index (χ0v) is 11.9. The van der Waals surface area contributed by atoms with Gasteiger partial charge in [0.15, 0.2) is 0 Å². The fourth-order valence-electron chi connectivity index (χ4n) is 1.70. The SMILES string of the molecule is COC(=O)C(C)(C)Nc1cc(C)c(C)cc1OC. The van der Waals surface area contributed by atoms with Gasteiger partial charge in [-0.15, -0.1) is 0 Å². The maximum atomic E-state index is 11.7. The van der Waals surface area contributed by atoms with Gasteiger partial charge in [-0.3, -0.25) is 0 Å². The van der Waals surface area contributed by atoms with Crippen LogP contribution >= 0.6 is 0 Å². The van der Waals surface area contributed by atoms with E-state index in [4.69, 9.17) is 9.47 Å². The van der Waals surface area contributed by atoms with Crippen LogP contribution in [-0.4, -0.2) is 25.7 Å². The van der Waals surface area contributed by atoms with Crippen molar-refractivity contribution < 1.29 is 14.3 Å². The smallest absolute Gasteiger partial charge is 0.330 e. The molecule has 4 heteroatoms. The second-order valence-corrected chi connectivity index (χ2v) is 4.88. The molecule has 0 unspecified atom stereocenters. The minimum Gasteiger partial charge on any atom is -0.495 e. The highest BCUT2D eigenvalue weighted by Crippen LogP contribution is 2.30. The van der Waals surface area contributed by atoms with Crippen molar-refractivity contribution in [2.75, 3.05) is 19.5 Å². The Morgan fingerprint density at radius 1 is 1.17 bits per heavy atom. The number of anilines is 1. The third kappa shape index (κ3) is 2.94. The fraction of sp³-hybridized carbons (Fsp3) is 0.500. The predicted octanol–water partition coefficient (Wildman–Crippen LogP) is 2.68. The number of esters is 1. The molecule has 0 aliphatic heterocycles. The minimum atomic E-state index is -0.802. The van der Waals surface area contributed by atoms with E-state index in [9.17, 15) is 4.79 Å². The molecule has 0 saturated heterocycles. The van der Waals surface area contributed by atoms with Crippen molar-refractivity contribution in [2.24, 2.45) is 0 Å². The van der Waals surface area contributed by atoms with Crippen molar-refractivity contribution in [3.05, 3.63) is 23.3 Å². The number of carbonyl (C=O) groups is 1. The maximum Gasteiger partial charge on any atom is 0.330 e. The lowest BCUT2D eigenvalue weighted by atomic mass is 10.0. The van der Waals surface area contributed by atoms with Crippen LogP contribution in [-0.2, 0) is 9.53 Å². The molecule has 1 aromatic carbocycles. The molecule has 100 valence electrons. The number of nitrogens with one attached hydrogen (secondary N) is 1. The molecule has 0 aliphatic rings. The van der Waals surface area contributed by atoms with Crippen LogP contribution in [0.15, 0.2) is 12.1 Å². The van der Waals surface area contributed by atoms with Crippen molar-refractivity contribution in [3.8, 4) is 5.75 Å². The highest BCUT2D eigenvalue weighted by atomic mass is 16.5. The lowest BCUT2D eigenvalue weighted by Crippen LogP contribution is -2.41. The van der Waals surface area contributed by atoms with Crippen LogP contribution in [0.25, 0.3) is 0 Å². The van der Waals surface area contributed by atoms with Crippen molar-refractivity contribution in [1.82, 2.24) is 0 Å². The van der Waals surface area contributed by atoms with E-state index in [0.29, 0.717) is 0 Å². The maximum absolute atomic E-state index is 11.7. The van der Waals surface area contributed by atoms with E-state index in [1.165, 1.54) is 7.11 Å². The normalized spacial score (nSPS) is 11.0. The van der Waals surface area contributed by atoms with E-state index in [1.807, 2.05) is 26.0 Å². The van der Waals surface area contributed by atoms with Gasteiger partial charge in [0.1, 0.15) is 11.3 Å². The molecule has 18 heavy (non-hydrogen) atoms. The van der Waals surface area contributed by atoms with Crippen LogP contribution in [0.1, 0.15) is 25.0 Å². The molecular formula is C14H21NO3. The third-order valence-electron chi connectivity index (χ3n) is 2.96. The van der Waals surface area contributed by atoms with E-state index in [1.54, 1.807) is 21.0 Å². The molecular weight excluding hydrogens is 230 g/mol. The molecule has 0 radical (unpaired) electrons. The largest absolute Gasteiger partial charge is 0.495 e. The number of carbonyl (C=O) groups excluding carboxylic acids is 1. The van der Waals surface area contributed by atoms with Gasteiger partial charge in [-0.05, 0) is 51.0 Å². The molecule has 0 fully saturated rings. The highest BCUT2D eigenvalue weighted by molar-refractivity contribution is 5.84. The number of rotatable bonds is 4. The first-order valence-electron chi connectivity index (χ1n) is 5.83. The quantitative estimate of drug-likeness (QED) is 0.836. The summed E-state index contributed by atoms with van der Waals surface area (Å²) in [5, 5.41) is 3.16. The summed E-state index contributed by atoms with van der Waals surface area (Å²) < 4.78 is 10.1. The van der Waals surface area contributed by atoms with Crippen molar-refractivity contribution in [3.63, 3.8) is 0 Å². The average Bonchev–Trinajstić information content (AvgIpc) is 2.31. The van der Waals surface area contributed by atoms with Gasteiger partial charge in [-0.25, -0.2) is 4.79 Å². The van der Waals surface area contributed by atoms with Crippen LogP contribution in [0.2, 0.25) is 0 Å². The Morgan fingerprint density at radius 3 is 2.22 bits per heavy atom. The van der Waals surface area contributed by atoms with Crippen LogP contribution in [0.4, 0.5) is 5.69 Å². The molecule has 0 amide bonds. The molecule has 0 aliphatic carbocycles. The molecule has 0 aromatic heterocycles. The number of aryl methyl sites for hydroxylation is 2. The summed E-state index contributed by atoms with van der Waals surface area (Å²) in [6.07, 6.45) is 0. The van der Waals surface area contributed by atoms with E-state index >= 15 is 0 Å². The van der Waals surface area contributed by atoms with Crippen LogP contribution < -0.4 is 10.1 Å². The van der Waals surface area contributed by atoms with Crippen molar-refractivity contribution >= 4 is 11.7 Å². The van der Waals surface area contributed by atoms with Gasteiger partial charge in [-0.2, -0.15) is 0 Å². The number of methoxy groups -OCH3 is 2. The van der Waals surface area contributed by atoms with Crippen LogP contribution in [0.3, 0.4) is 0 Å². The van der Waals surface area contributed by atoms with Gasteiger partial charge in [0.2, 0.25) is 0 Å². The average molecular weight is 251 g/mol. The third-order valence-corrected chi connectivity index (χ3v) is 2.96. The lowest BCUT2D eigenvalue weighted by Gasteiger charge is -2.26. The Labute approximate surface area is 108 Å². The van der Waals surface area contributed by atoms with E-state index in [2.05, 4.69) is 5.32 Å². The van der Waals surface area contributed by atoms with Crippen molar-refractivity contribution in [1.29, 1.82) is 0 Å². The topological polar surface area (TPSA) is 47.6 Å². The van der Waals surface area contributed by atoms with Gasteiger partial charge in [0.05, 0.1) is 19.9 Å². The molecule has 4 nitrogen and oxygen atoms in total. The molecule has 1 aromatic rings. The summed E-state index contributed by atoms with van der Waals surface area (Å²) in [4.78, 5) is 11.7. The monoisotopic (exact) mass is 251 g/mol. The van der Waals surface area contributed by atoms with Gasteiger partial charge < -0.3 is 14.8 Å². The second-order valence-electron chi connectivity index (χ2n) is 4.88. The van der Waals surface area contributed by atoms with Gasteiger partial charge in [-0.1, -0.05) is 0 Å². The number of ether oxygens (including phenoxy) is 2. The second kappa shape index (κ2) is 5.29. The number of hydrogen-bond donors (Lipinski definition) is 1. The van der Waals surface area contributed by atoms with Crippen LogP contribution in [0, 0.1) is 13.8 Å². The first kappa shape index (κ1) is 14.4. The van der Waals surface area contributed by atoms with Gasteiger partial charge in [0, 0.05) is 0 Å². The number of hydrogen-bond acceptors (Lipinski definition) is 4. The summed E-state index contributed by atoms with van der Waals surface area (Å²) >= 11 is 0. The summed E-state index contributed by atoms with van der Waals surface area (Å²) in [5.41, 5.74) is 2.27. The zero-order valence-electron chi connectivity index (χ0n) is 11.9. The molecule has 0 atom stereocenters. The molecule has 1 N–H and O–H groups in total. The molecule has 0 bridgehead atoms. The Hall–Kier alpha value is -1.71. The van der Waals surface area contributed by atoms with E-state index in [0.717, 1.165) is 22.6 Å². The fourth-order valence-corrected chi connectivity index (χ4v) is 1.70. The van der Waals surface area contributed by atoms with Gasteiger partial charge in [0.25, 0.3) is 0 Å². The van der Waals surface area contributed by atoms with Crippen molar-refractivity contribution in [2.45, 2.75) is 33.2 Å². The number of benzene rings is 1. The minimum absolute atomic E-state index is 0.317. The first-order chi connectivity index (χ1) is 8.31. The Bertz CT molecular complexity index is 453. The molecule has 0 spiro atoms. The Kier molecular flexibility index (Phi) is 4.22. The molecule has 0 saturated carbocycles. The summed E-state index contributed by atoms with van der Waals surface area (Å²) in [7, 11) is 2.99. The summed E-state index contributed by atoms with van der Waals surface area (Å²) in [6.45, 7) is 7.58. The Balaban J connectivity index is 3.10.